The van der Waals surface area contributed by atoms with Crippen LogP contribution < -0.4 is 28.5 Å². The second-order valence-electron chi connectivity index (χ2n) is 8.01. The van der Waals surface area contributed by atoms with Crippen molar-refractivity contribution in [2.24, 2.45) is 0 Å². The van der Waals surface area contributed by atoms with Crippen LogP contribution in [0.3, 0.4) is 0 Å². The van der Waals surface area contributed by atoms with Crippen LogP contribution in [0.1, 0.15) is 58.3 Å². The molecular formula is C28H36IN. The Morgan fingerprint density at radius 2 is 0.800 bits per heavy atom. The van der Waals surface area contributed by atoms with E-state index in [1.807, 2.05) is 0 Å². The van der Waals surface area contributed by atoms with Gasteiger partial charge in [-0.05, 0) is 49.2 Å². The van der Waals surface area contributed by atoms with Crippen molar-refractivity contribution >= 4 is 17.1 Å². The summed E-state index contributed by atoms with van der Waals surface area (Å²) in [4.78, 5) is 0. The molecule has 0 N–H and O–H groups in total. The molecule has 0 amide bonds. The van der Waals surface area contributed by atoms with E-state index in [-0.39, 0.29) is 24.0 Å². The number of benzene rings is 3. The van der Waals surface area contributed by atoms with E-state index in [9.17, 15) is 0 Å². The molecule has 30 heavy (non-hydrogen) atoms. The quantitative estimate of drug-likeness (QED) is 0.163. The molecular weight excluding hydrogens is 477 g/mol. The molecule has 0 fully saturated rings. The largest absolute Gasteiger partial charge is 1.00 e. The molecule has 3 aromatic carbocycles. The zero-order chi connectivity index (χ0) is 20.2. The zero-order valence-corrected chi connectivity index (χ0v) is 20.5. The molecule has 0 saturated carbocycles. The number of nitrogens with zero attached hydrogens (tertiary/aromatic N) is 1. The second-order valence-corrected chi connectivity index (χ2v) is 8.01. The predicted octanol–water partition coefficient (Wildman–Crippen LogP) is 5.80. The second kappa shape index (κ2) is 13.6. The summed E-state index contributed by atoms with van der Waals surface area (Å²) in [6.07, 6.45) is 10.8. The molecule has 0 aliphatic carbocycles. The predicted molar refractivity (Wildman–Crippen MR) is 128 cm³/mol. The first kappa shape index (κ1) is 24.6. The molecule has 0 spiro atoms. The molecule has 0 bridgehead atoms. The highest BCUT2D eigenvalue weighted by molar-refractivity contribution is 5.70. The SMILES string of the molecule is CCCCCCCCCC[N+](c1ccccc1)(c1ccccc1)c1ccccc1.[I-]. The van der Waals surface area contributed by atoms with Crippen molar-refractivity contribution in [2.45, 2.75) is 58.3 Å². The highest BCUT2D eigenvalue weighted by Crippen LogP contribution is 2.43. The lowest BCUT2D eigenvalue weighted by Crippen LogP contribution is -3.00. The summed E-state index contributed by atoms with van der Waals surface area (Å²) < 4.78 is 0.790. The van der Waals surface area contributed by atoms with Gasteiger partial charge in [-0.15, -0.1) is 0 Å². The van der Waals surface area contributed by atoms with Crippen molar-refractivity contribution in [3.8, 4) is 0 Å². The fourth-order valence-corrected chi connectivity index (χ4v) is 4.36. The van der Waals surface area contributed by atoms with Crippen LogP contribution in [0.15, 0.2) is 91.0 Å². The summed E-state index contributed by atoms with van der Waals surface area (Å²) in [6.45, 7) is 3.38. The Bertz CT molecular complexity index is 705. The van der Waals surface area contributed by atoms with Crippen LogP contribution in [-0.2, 0) is 0 Å². The third-order valence-corrected chi connectivity index (χ3v) is 5.94. The molecule has 0 atom stereocenters. The Morgan fingerprint density at radius 1 is 0.467 bits per heavy atom. The van der Waals surface area contributed by atoms with E-state index < -0.39 is 0 Å². The molecule has 0 aliphatic rings. The van der Waals surface area contributed by atoms with Gasteiger partial charge in [-0.1, -0.05) is 100 Å². The highest BCUT2D eigenvalue weighted by Gasteiger charge is 2.35. The van der Waals surface area contributed by atoms with Gasteiger partial charge in [-0.2, -0.15) is 0 Å². The molecule has 0 aromatic heterocycles. The van der Waals surface area contributed by atoms with Crippen LogP contribution in [0.4, 0.5) is 17.1 Å². The summed E-state index contributed by atoms with van der Waals surface area (Å²) >= 11 is 0. The maximum absolute atomic E-state index is 2.29. The summed E-state index contributed by atoms with van der Waals surface area (Å²) in [5.74, 6) is 0. The van der Waals surface area contributed by atoms with Crippen LogP contribution in [-0.4, -0.2) is 6.54 Å². The maximum atomic E-state index is 2.29. The molecule has 2 heteroatoms. The molecule has 160 valence electrons. The Hall–Kier alpha value is -1.65. The van der Waals surface area contributed by atoms with E-state index in [1.54, 1.807) is 0 Å². The van der Waals surface area contributed by atoms with E-state index in [2.05, 4.69) is 97.9 Å². The standard InChI is InChI=1S/C28H36N.HI/c1-2-3-4-5-6-7-8-18-25-29(26-19-12-9-13-20-26,27-21-14-10-15-22-27)28-23-16-11-17-24-28;/h9-17,19-24H,2-8,18,25H2,1H3;1H/q+1;/p-1. The number of para-hydroxylation sites is 3. The first-order valence-corrected chi connectivity index (χ1v) is 11.4. The lowest BCUT2D eigenvalue weighted by molar-refractivity contribution is -0.00000591. The van der Waals surface area contributed by atoms with Gasteiger partial charge in [0.05, 0.1) is 6.54 Å². The molecule has 0 unspecified atom stereocenters. The van der Waals surface area contributed by atoms with E-state index in [1.165, 1.54) is 68.4 Å². The van der Waals surface area contributed by atoms with Crippen molar-refractivity contribution in [3.05, 3.63) is 91.0 Å². The Kier molecular flexibility index (Phi) is 11.2. The maximum Gasteiger partial charge on any atom is 0.143 e. The minimum absolute atomic E-state index is 0. The third-order valence-electron chi connectivity index (χ3n) is 5.94. The first-order chi connectivity index (χ1) is 14.4. The zero-order valence-electron chi connectivity index (χ0n) is 18.3. The van der Waals surface area contributed by atoms with Crippen molar-refractivity contribution < 1.29 is 24.0 Å². The molecule has 0 heterocycles. The minimum Gasteiger partial charge on any atom is -1.00 e. The molecule has 0 radical (unpaired) electrons. The van der Waals surface area contributed by atoms with Crippen molar-refractivity contribution in [2.75, 3.05) is 6.54 Å². The van der Waals surface area contributed by atoms with Crippen LogP contribution >= 0.6 is 0 Å². The van der Waals surface area contributed by atoms with Gasteiger partial charge < -0.3 is 24.0 Å². The molecule has 0 saturated heterocycles. The monoisotopic (exact) mass is 513 g/mol. The van der Waals surface area contributed by atoms with Gasteiger partial charge in [0.1, 0.15) is 17.1 Å². The summed E-state index contributed by atoms with van der Waals surface area (Å²) in [7, 11) is 0. The van der Waals surface area contributed by atoms with E-state index in [0.29, 0.717) is 0 Å². The van der Waals surface area contributed by atoms with E-state index >= 15 is 0 Å². The van der Waals surface area contributed by atoms with E-state index in [4.69, 9.17) is 0 Å². The highest BCUT2D eigenvalue weighted by atomic mass is 127. The van der Waals surface area contributed by atoms with Crippen molar-refractivity contribution in [1.82, 2.24) is 4.48 Å². The number of hydrogen-bond acceptors (Lipinski definition) is 0. The number of rotatable bonds is 12. The van der Waals surface area contributed by atoms with Gasteiger partial charge in [0.2, 0.25) is 0 Å². The summed E-state index contributed by atoms with van der Waals surface area (Å²) in [5, 5.41) is 0. The fourth-order valence-electron chi connectivity index (χ4n) is 4.36. The molecule has 3 rings (SSSR count). The topological polar surface area (TPSA) is 0 Å². The van der Waals surface area contributed by atoms with Gasteiger partial charge in [-0.25, -0.2) is 4.48 Å². The average Bonchev–Trinajstić information content (AvgIpc) is 2.80. The van der Waals surface area contributed by atoms with E-state index in [0.717, 1.165) is 11.0 Å². The number of unbranched alkanes of at least 4 members (excludes halogenated alkanes) is 7. The Labute approximate surface area is 200 Å². The van der Waals surface area contributed by atoms with Gasteiger partial charge in [0.15, 0.2) is 0 Å². The lowest BCUT2D eigenvalue weighted by atomic mass is 10.0. The lowest BCUT2D eigenvalue weighted by Gasteiger charge is -2.37. The smallest absolute Gasteiger partial charge is 0.143 e. The summed E-state index contributed by atoms with van der Waals surface area (Å²) in [6, 6.07) is 33.1. The summed E-state index contributed by atoms with van der Waals surface area (Å²) in [5.41, 5.74) is 4.02. The fraction of sp³-hybridized carbons (Fsp3) is 0.357. The Balaban J connectivity index is 0.00000320. The minimum atomic E-state index is 0. The van der Waals surface area contributed by atoms with Gasteiger partial charge in [-0.3, -0.25) is 0 Å². The van der Waals surface area contributed by atoms with Gasteiger partial charge in [0.25, 0.3) is 0 Å². The van der Waals surface area contributed by atoms with Crippen LogP contribution in [0.2, 0.25) is 0 Å². The number of hydrogen-bond donors (Lipinski definition) is 0. The van der Waals surface area contributed by atoms with Gasteiger partial charge >= 0.3 is 0 Å². The van der Waals surface area contributed by atoms with Crippen LogP contribution in [0.5, 0.6) is 0 Å². The van der Waals surface area contributed by atoms with Crippen molar-refractivity contribution in [3.63, 3.8) is 0 Å². The molecule has 1 nitrogen and oxygen atoms in total. The molecule has 3 aromatic rings. The van der Waals surface area contributed by atoms with Gasteiger partial charge in [0, 0.05) is 0 Å². The number of quaternary nitrogens is 1. The van der Waals surface area contributed by atoms with Crippen LogP contribution in [0.25, 0.3) is 0 Å². The Morgan fingerprint density at radius 3 is 1.17 bits per heavy atom. The average molecular weight is 514 g/mol. The number of halogens is 1. The van der Waals surface area contributed by atoms with Crippen molar-refractivity contribution in [1.29, 1.82) is 0 Å². The van der Waals surface area contributed by atoms with Crippen LogP contribution in [0, 0.1) is 0 Å². The third kappa shape index (κ3) is 6.42. The molecule has 0 aliphatic heterocycles. The normalized spacial score (nSPS) is 11.1. The first-order valence-electron chi connectivity index (χ1n) is 11.4.